The van der Waals surface area contributed by atoms with Crippen molar-refractivity contribution in [2.75, 3.05) is 43.1 Å². The van der Waals surface area contributed by atoms with Crippen LogP contribution in [-0.4, -0.2) is 44.8 Å². The highest BCUT2D eigenvalue weighted by molar-refractivity contribution is 5.93. The van der Waals surface area contributed by atoms with Gasteiger partial charge in [-0.15, -0.1) is 0 Å². The standard InChI is InChI=1S/C23H30N2O4/c26-21(24-19-1-3-20(4-2-19)25-5-7-28-8-6-25)14-29-23(27)22-17-10-15-9-16(12-17)13-18(22)11-15/h1-4,15-18,22H,5-14H2,(H,24,26). The molecule has 0 unspecified atom stereocenters. The molecule has 1 saturated heterocycles. The summed E-state index contributed by atoms with van der Waals surface area (Å²) in [4.78, 5) is 27.2. The number of rotatable bonds is 5. The van der Waals surface area contributed by atoms with Crippen LogP contribution < -0.4 is 10.2 Å². The fourth-order valence-electron chi connectivity index (χ4n) is 6.32. The van der Waals surface area contributed by atoms with Crippen LogP contribution in [0.15, 0.2) is 24.3 Å². The third-order valence-corrected chi connectivity index (χ3v) is 7.37. The summed E-state index contributed by atoms with van der Waals surface area (Å²) < 4.78 is 10.8. The Labute approximate surface area is 171 Å². The molecule has 5 fully saturated rings. The molecule has 0 atom stereocenters. The second kappa shape index (κ2) is 7.98. The zero-order valence-corrected chi connectivity index (χ0v) is 16.8. The van der Waals surface area contributed by atoms with E-state index < -0.39 is 0 Å². The van der Waals surface area contributed by atoms with Gasteiger partial charge in [0, 0.05) is 24.5 Å². The Kier molecular flexibility index (Phi) is 5.20. The first-order valence-electron chi connectivity index (χ1n) is 11.0. The van der Waals surface area contributed by atoms with E-state index in [4.69, 9.17) is 9.47 Å². The average molecular weight is 399 g/mol. The zero-order valence-electron chi connectivity index (χ0n) is 16.8. The van der Waals surface area contributed by atoms with Gasteiger partial charge in [0.1, 0.15) is 0 Å². The molecule has 1 aliphatic heterocycles. The van der Waals surface area contributed by atoms with Crippen molar-refractivity contribution < 1.29 is 19.1 Å². The van der Waals surface area contributed by atoms with Gasteiger partial charge in [0.15, 0.2) is 6.61 Å². The van der Waals surface area contributed by atoms with Gasteiger partial charge < -0.3 is 19.7 Å². The van der Waals surface area contributed by atoms with Gasteiger partial charge in [0.25, 0.3) is 5.91 Å². The van der Waals surface area contributed by atoms with Crippen LogP contribution in [0.25, 0.3) is 0 Å². The molecule has 1 N–H and O–H groups in total. The Morgan fingerprint density at radius 2 is 1.59 bits per heavy atom. The molecule has 6 heteroatoms. The Morgan fingerprint density at radius 1 is 0.966 bits per heavy atom. The summed E-state index contributed by atoms with van der Waals surface area (Å²) >= 11 is 0. The quantitative estimate of drug-likeness (QED) is 0.772. The summed E-state index contributed by atoms with van der Waals surface area (Å²) in [6.45, 7) is 3.05. The van der Waals surface area contributed by atoms with Crippen molar-refractivity contribution in [2.24, 2.45) is 29.6 Å². The number of carbonyl (C=O) groups is 2. The number of hydrogen-bond acceptors (Lipinski definition) is 5. The lowest BCUT2D eigenvalue weighted by molar-refractivity contribution is -0.164. The van der Waals surface area contributed by atoms with Crippen molar-refractivity contribution in [3.63, 3.8) is 0 Å². The third kappa shape index (κ3) is 4.00. The van der Waals surface area contributed by atoms with E-state index in [1.54, 1.807) is 0 Å². The maximum atomic E-state index is 12.7. The van der Waals surface area contributed by atoms with E-state index in [0.29, 0.717) is 11.8 Å². The highest BCUT2D eigenvalue weighted by Gasteiger charge is 2.51. The van der Waals surface area contributed by atoms with Crippen LogP contribution in [0.4, 0.5) is 11.4 Å². The summed E-state index contributed by atoms with van der Waals surface area (Å²) in [7, 11) is 0. The monoisotopic (exact) mass is 398 g/mol. The van der Waals surface area contributed by atoms with Gasteiger partial charge in [-0.25, -0.2) is 0 Å². The lowest BCUT2D eigenvalue weighted by Crippen LogP contribution is -2.48. The minimum Gasteiger partial charge on any atom is -0.455 e. The predicted octanol–water partition coefficient (Wildman–Crippen LogP) is 3.08. The fourth-order valence-corrected chi connectivity index (χ4v) is 6.32. The number of esters is 1. The molecule has 4 saturated carbocycles. The molecular weight excluding hydrogens is 368 g/mol. The molecule has 156 valence electrons. The molecule has 29 heavy (non-hydrogen) atoms. The van der Waals surface area contributed by atoms with Crippen LogP contribution in [0.5, 0.6) is 0 Å². The van der Waals surface area contributed by atoms with Crippen LogP contribution in [0.1, 0.15) is 32.1 Å². The molecule has 1 amide bonds. The molecule has 1 heterocycles. The Morgan fingerprint density at radius 3 is 2.21 bits per heavy atom. The van der Waals surface area contributed by atoms with E-state index in [0.717, 1.165) is 49.5 Å². The number of carbonyl (C=O) groups excluding carboxylic acids is 2. The van der Waals surface area contributed by atoms with Crippen LogP contribution in [-0.2, 0) is 19.1 Å². The Hall–Kier alpha value is -2.08. The van der Waals surface area contributed by atoms with E-state index >= 15 is 0 Å². The molecule has 1 aromatic rings. The highest BCUT2D eigenvalue weighted by atomic mass is 16.5. The van der Waals surface area contributed by atoms with Crippen LogP contribution in [0, 0.1) is 29.6 Å². The van der Waals surface area contributed by atoms with Crippen LogP contribution in [0.3, 0.4) is 0 Å². The van der Waals surface area contributed by atoms with E-state index in [1.807, 2.05) is 24.3 Å². The van der Waals surface area contributed by atoms with Crippen molar-refractivity contribution in [3.8, 4) is 0 Å². The number of benzene rings is 1. The van der Waals surface area contributed by atoms with Gasteiger partial charge in [-0.2, -0.15) is 0 Å². The first-order valence-corrected chi connectivity index (χ1v) is 11.0. The third-order valence-electron chi connectivity index (χ3n) is 7.37. The normalized spacial score (nSPS) is 32.8. The zero-order chi connectivity index (χ0) is 19.8. The summed E-state index contributed by atoms with van der Waals surface area (Å²) in [5.41, 5.74) is 1.84. The van der Waals surface area contributed by atoms with Gasteiger partial charge in [0.2, 0.25) is 0 Å². The van der Waals surface area contributed by atoms with E-state index in [-0.39, 0.29) is 24.4 Å². The Bertz CT molecular complexity index is 729. The summed E-state index contributed by atoms with van der Waals surface area (Å²) in [6.07, 6.45) is 6.06. The number of amides is 1. The minimum atomic E-state index is -0.277. The van der Waals surface area contributed by atoms with Crippen LogP contribution in [0.2, 0.25) is 0 Å². The molecule has 0 aromatic heterocycles. The van der Waals surface area contributed by atoms with E-state index in [9.17, 15) is 9.59 Å². The molecule has 6 nitrogen and oxygen atoms in total. The molecule has 4 aliphatic carbocycles. The first-order chi connectivity index (χ1) is 14.2. The number of morpholine rings is 1. The van der Waals surface area contributed by atoms with Gasteiger partial charge in [-0.3, -0.25) is 9.59 Å². The Balaban J connectivity index is 1.11. The van der Waals surface area contributed by atoms with E-state index in [1.165, 1.54) is 32.1 Å². The molecule has 1 aromatic carbocycles. The number of anilines is 2. The summed E-state index contributed by atoms with van der Waals surface area (Å²) in [6, 6.07) is 7.79. The van der Waals surface area contributed by atoms with E-state index in [2.05, 4.69) is 10.2 Å². The smallest absolute Gasteiger partial charge is 0.310 e. The number of hydrogen-bond donors (Lipinski definition) is 1. The SMILES string of the molecule is O=C(COC(=O)C1C2CC3CC(C2)CC1C3)Nc1ccc(N2CCOCC2)cc1. The molecule has 0 radical (unpaired) electrons. The van der Waals surface area contributed by atoms with Crippen molar-refractivity contribution in [1.29, 1.82) is 0 Å². The van der Waals surface area contributed by atoms with Crippen LogP contribution >= 0.6 is 0 Å². The molecule has 4 bridgehead atoms. The molecule has 5 aliphatic rings. The van der Waals surface area contributed by atoms with Gasteiger partial charge >= 0.3 is 5.97 Å². The largest absolute Gasteiger partial charge is 0.455 e. The van der Waals surface area contributed by atoms with Crippen molar-refractivity contribution in [2.45, 2.75) is 32.1 Å². The molecule has 6 rings (SSSR count). The summed E-state index contributed by atoms with van der Waals surface area (Å²) in [5.74, 6) is 2.20. The second-order valence-corrected chi connectivity index (χ2v) is 9.26. The number of ether oxygens (including phenoxy) is 2. The maximum absolute atomic E-state index is 12.7. The molecular formula is C23H30N2O4. The van der Waals surface area contributed by atoms with Gasteiger partial charge in [-0.1, -0.05) is 0 Å². The minimum absolute atomic E-state index is 0.0170. The highest BCUT2D eigenvalue weighted by Crippen LogP contribution is 2.56. The van der Waals surface area contributed by atoms with Crippen molar-refractivity contribution in [1.82, 2.24) is 0 Å². The fraction of sp³-hybridized carbons (Fsp3) is 0.652. The molecule has 0 spiro atoms. The maximum Gasteiger partial charge on any atom is 0.310 e. The topological polar surface area (TPSA) is 67.9 Å². The lowest BCUT2D eigenvalue weighted by Gasteiger charge is -2.53. The first kappa shape index (κ1) is 18.9. The number of nitrogens with zero attached hydrogens (tertiary/aromatic N) is 1. The number of nitrogens with one attached hydrogen (secondary N) is 1. The van der Waals surface area contributed by atoms with Crippen molar-refractivity contribution >= 4 is 23.3 Å². The average Bonchev–Trinajstić information content (AvgIpc) is 2.73. The van der Waals surface area contributed by atoms with Crippen molar-refractivity contribution in [3.05, 3.63) is 24.3 Å². The summed E-state index contributed by atoms with van der Waals surface area (Å²) in [5, 5.41) is 2.84. The van der Waals surface area contributed by atoms with Gasteiger partial charge in [-0.05, 0) is 80.0 Å². The van der Waals surface area contributed by atoms with Gasteiger partial charge in [0.05, 0.1) is 19.1 Å². The second-order valence-electron chi connectivity index (χ2n) is 9.26. The lowest BCUT2D eigenvalue weighted by atomic mass is 9.52. The predicted molar refractivity (Wildman–Crippen MR) is 110 cm³/mol.